The maximum Gasteiger partial charge on any atom is 0.306 e. The first-order valence-electron chi connectivity index (χ1n) is 4.45. The van der Waals surface area contributed by atoms with Crippen molar-refractivity contribution in [1.29, 1.82) is 0 Å². The van der Waals surface area contributed by atoms with E-state index in [0.717, 1.165) is 32.1 Å². The molecule has 0 aromatic carbocycles. The third kappa shape index (κ3) is 6.89. The van der Waals surface area contributed by atoms with Crippen LogP contribution in [0.3, 0.4) is 0 Å². The SMILES string of the molecule is CCCCCC(CC)C(=O)O.[Nb]. The van der Waals surface area contributed by atoms with Crippen LogP contribution in [-0.4, -0.2) is 11.1 Å². The van der Waals surface area contributed by atoms with Gasteiger partial charge in [0.25, 0.3) is 0 Å². The summed E-state index contributed by atoms with van der Waals surface area (Å²) in [5.41, 5.74) is 0. The van der Waals surface area contributed by atoms with Gasteiger partial charge in [-0.15, -0.1) is 0 Å². The predicted molar refractivity (Wildman–Crippen MR) is 45.6 cm³/mol. The number of carboxylic acid groups (broad SMARTS) is 1. The Labute approximate surface area is 90.2 Å². The molecule has 0 aromatic rings. The summed E-state index contributed by atoms with van der Waals surface area (Å²) >= 11 is 0. The smallest absolute Gasteiger partial charge is 0.306 e. The molecule has 0 aliphatic heterocycles. The molecule has 1 unspecified atom stereocenters. The molecular formula is C9H18NbO2. The molecule has 0 aromatic heterocycles. The molecule has 0 saturated heterocycles. The van der Waals surface area contributed by atoms with Crippen LogP contribution >= 0.6 is 0 Å². The van der Waals surface area contributed by atoms with Crippen LogP contribution in [0, 0.1) is 5.92 Å². The van der Waals surface area contributed by atoms with E-state index in [1.165, 1.54) is 0 Å². The molecule has 0 spiro atoms. The number of rotatable bonds is 6. The summed E-state index contributed by atoms with van der Waals surface area (Å²) in [6.45, 7) is 4.06. The number of aliphatic carboxylic acids is 1. The van der Waals surface area contributed by atoms with Crippen molar-refractivity contribution in [1.82, 2.24) is 0 Å². The topological polar surface area (TPSA) is 37.3 Å². The van der Waals surface area contributed by atoms with Crippen molar-refractivity contribution < 1.29 is 32.3 Å². The van der Waals surface area contributed by atoms with Crippen LogP contribution in [0.2, 0.25) is 0 Å². The Morgan fingerprint density at radius 1 is 1.33 bits per heavy atom. The minimum absolute atomic E-state index is 0. The van der Waals surface area contributed by atoms with Crippen molar-refractivity contribution >= 4 is 5.97 Å². The van der Waals surface area contributed by atoms with Crippen LogP contribution < -0.4 is 0 Å². The second-order valence-electron chi connectivity index (χ2n) is 2.94. The first-order chi connectivity index (χ1) is 5.22. The van der Waals surface area contributed by atoms with Gasteiger partial charge < -0.3 is 5.11 Å². The third-order valence-corrected chi connectivity index (χ3v) is 2.00. The molecule has 1 N–H and O–H groups in total. The van der Waals surface area contributed by atoms with Gasteiger partial charge in [-0.3, -0.25) is 4.79 Å². The van der Waals surface area contributed by atoms with E-state index < -0.39 is 5.97 Å². The molecule has 0 aliphatic carbocycles. The Morgan fingerprint density at radius 2 is 1.92 bits per heavy atom. The Kier molecular flexibility index (Phi) is 11.4. The van der Waals surface area contributed by atoms with Crippen LogP contribution in [0.25, 0.3) is 0 Å². The number of hydrogen-bond acceptors (Lipinski definition) is 1. The van der Waals surface area contributed by atoms with Gasteiger partial charge in [-0.1, -0.05) is 33.1 Å². The minimum Gasteiger partial charge on any atom is -0.481 e. The normalized spacial score (nSPS) is 11.8. The summed E-state index contributed by atoms with van der Waals surface area (Å²) in [4.78, 5) is 10.5. The van der Waals surface area contributed by atoms with Gasteiger partial charge in [0, 0.05) is 22.4 Å². The Hall–Kier alpha value is 0.210. The Balaban J connectivity index is 0. The van der Waals surface area contributed by atoms with E-state index in [-0.39, 0.29) is 28.3 Å². The zero-order valence-electron chi connectivity index (χ0n) is 7.92. The van der Waals surface area contributed by atoms with E-state index in [1.54, 1.807) is 0 Å². The fraction of sp³-hybridized carbons (Fsp3) is 0.889. The van der Waals surface area contributed by atoms with Crippen LogP contribution in [0.4, 0.5) is 0 Å². The molecule has 0 rings (SSSR count). The number of unbranched alkanes of at least 4 members (excludes halogenated alkanes) is 2. The van der Waals surface area contributed by atoms with Crippen LogP contribution in [0.5, 0.6) is 0 Å². The molecule has 0 fully saturated rings. The van der Waals surface area contributed by atoms with Gasteiger partial charge in [-0.25, -0.2) is 0 Å². The number of carbonyl (C=O) groups is 1. The van der Waals surface area contributed by atoms with Crippen molar-refractivity contribution in [2.24, 2.45) is 5.92 Å². The van der Waals surface area contributed by atoms with E-state index in [1.807, 2.05) is 6.92 Å². The molecule has 0 bridgehead atoms. The van der Waals surface area contributed by atoms with E-state index in [2.05, 4.69) is 6.92 Å². The average Bonchev–Trinajstić information content (AvgIpc) is 1.97. The number of carboxylic acids is 1. The largest absolute Gasteiger partial charge is 0.481 e. The summed E-state index contributed by atoms with van der Waals surface area (Å²) in [5, 5.41) is 8.67. The van der Waals surface area contributed by atoms with Crippen molar-refractivity contribution in [3.63, 3.8) is 0 Å². The average molecular weight is 251 g/mol. The van der Waals surface area contributed by atoms with Crippen LogP contribution in [-0.2, 0) is 27.2 Å². The summed E-state index contributed by atoms with van der Waals surface area (Å²) in [7, 11) is 0. The van der Waals surface area contributed by atoms with Gasteiger partial charge in [0.2, 0.25) is 0 Å². The fourth-order valence-corrected chi connectivity index (χ4v) is 1.14. The van der Waals surface area contributed by atoms with Gasteiger partial charge >= 0.3 is 5.97 Å². The monoisotopic (exact) mass is 251 g/mol. The number of hydrogen-bond donors (Lipinski definition) is 1. The zero-order chi connectivity index (χ0) is 8.69. The predicted octanol–water partition coefficient (Wildman–Crippen LogP) is 2.68. The summed E-state index contributed by atoms with van der Waals surface area (Å²) in [6.07, 6.45) is 4.99. The summed E-state index contributed by atoms with van der Waals surface area (Å²) in [5.74, 6) is -0.745. The molecule has 2 nitrogen and oxygen atoms in total. The quantitative estimate of drug-likeness (QED) is 0.582. The Morgan fingerprint density at radius 3 is 2.25 bits per heavy atom. The third-order valence-electron chi connectivity index (χ3n) is 2.00. The van der Waals surface area contributed by atoms with E-state index in [9.17, 15) is 4.79 Å². The first-order valence-corrected chi connectivity index (χ1v) is 4.45. The molecule has 0 amide bonds. The second kappa shape index (κ2) is 9.30. The molecule has 0 heterocycles. The molecule has 12 heavy (non-hydrogen) atoms. The van der Waals surface area contributed by atoms with Crippen molar-refractivity contribution in [3.05, 3.63) is 0 Å². The Bertz CT molecular complexity index is 115. The van der Waals surface area contributed by atoms with Crippen molar-refractivity contribution in [2.75, 3.05) is 0 Å². The van der Waals surface area contributed by atoms with Gasteiger partial charge in [0.1, 0.15) is 0 Å². The standard InChI is InChI=1S/C9H18O2.Nb/c1-3-5-6-7-8(4-2)9(10)11;/h8H,3-7H2,1-2H3,(H,10,11);. The maximum atomic E-state index is 10.5. The van der Waals surface area contributed by atoms with Crippen LogP contribution in [0.1, 0.15) is 46.0 Å². The van der Waals surface area contributed by atoms with Gasteiger partial charge in [-0.2, -0.15) is 0 Å². The van der Waals surface area contributed by atoms with Gasteiger partial charge in [0.05, 0.1) is 5.92 Å². The van der Waals surface area contributed by atoms with E-state index >= 15 is 0 Å². The molecule has 1 radical (unpaired) electrons. The van der Waals surface area contributed by atoms with E-state index in [4.69, 9.17) is 5.11 Å². The van der Waals surface area contributed by atoms with E-state index in [0.29, 0.717) is 0 Å². The van der Waals surface area contributed by atoms with Crippen molar-refractivity contribution in [3.8, 4) is 0 Å². The molecule has 0 aliphatic rings. The minimum atomic E-state index is -0.636. The summed E-state index contributed by atoms with van der Waals surface area (Å²) in [6, 6.07) is 0. The van der Waals surface area contributed by atoms with Crippen molar-refractivity contribution in [2.45, 2.75) is 46.0 Å². The molecule has 0 saturated carbocycles. The van der Waals surface area contributed by atoms with Gasteiger partial charge in [0.15, 0.2) is 0 Å². The van der Waals surface area contributed by atoms with Gasteiger partial charge in [-0.05, 0) is 12.8 Å². The molecule has 3 heteroatoms. The molecule has 71 valence electrons. The zero-order valence-corrected chi connectivity index (χ0v) is 10.1. The molecule has 1 atom stereocenters. The summed E-state index contributed by atoms with van der Waals surface area (Å²) < 4.78 is 0. The second-order valence-corrected chi connectivity index (χ2v) is 2.94. The molecular weight excluding hydrogens is 233 g/mol. The maximum absolute atomic E-state index is 10.5. The first kappa shape index (κ1) is 14.7. The van der Waals surface area contributed by atoms with Crippen LogP contribution in [0.15, 0.2) is 0 Å². The fourth-order valence-electron chi connectivity index (χ4n) is 1.14.